The number of rotatable bonds is 9. The van der Waals surface area contributed by atoms with Gasteiger partial charge in [0.15, 0.2) is 10.3 Å². The summed E-state index contributed by atoms with van der Waals surface area (Å²) in [6.07, 6.45) is 10.6. The van der Waals surface area contributed by atoms with Crippen LogP contribution in [0.4, 0.5) is 5.69 Å². The van der Waals surface area contributed by atoms with E-state index in [2.05, 4.69) is 77.9 Å². The van der Waals surface area contributed by atoms with Gasteiger partial charge in [0, 0.05) is 23.3 Å². The average molecular weight is 628 g/mol. The van der Waals surface area contributed by atoms with E-state index in [-0.39, 0.29) is 6.10 Å². The molecule has 1 heterocycles. The highest BCUT2D eigenvalue weighted by atomic mass is 79.9. The number of amidine groups is 1. The van der Waals surface area contributed by atoms with E-state index in [1.807, 2.05) is 38.1 Å². The quantitative estimate of drug-likeness (QED) is 0.0942. The van der Waals surface area contributed by atoms with Crippen molar-refractivity contribution in [1.82, 2.24) is 4.90 Å². The molecule has 1 aromatic carbocycles. The lowest BCUT2D eigenvalue weighted by Crippen LogP contribution is -2.40. The lowest BCUT2D eigenvalue weighted by atomic mass is 9.92. The fourth-order valence-corrected chi connectivity index (χ4v) is 5.03. The number of likely N-dealkylation sites (N-methyl/N-ethyl adjacent to an activating group) is 1. The number of aliphatic imine (C=N–C) groups is 1. The van der Waals surface area contributed by atoms with Gasteiger partial charge in [0.05, 0.1) is 0 Å². The molecule has 3 N–H and O–H groups in total. The van der Waals surface area contributed by atoms with E-state index in [9.17, 15) is 0 Å². The molecule has 0 aromatic heterocycles. The number of piperidine rings is 1. The first-order valence-corrected chi connectivity index (χ1v) is 16.5. The van der Waals surface area contributed by atoms with Crippen LogP contribution in [0.2, 0.25) is 0 Å². The summed E-state index contributed by atoms with van der Waals surface area (Å²) in [6, 6.07) is 7.88. The van der Waals surface area contributed by atoms with Crippen LogP contribution < -0.4 is 15.8 Å². The second-order valence-corrected chi connectivity index (χ2v) is 12.8. The molecule has 8 heteroatoms. The van der Waals surface area contributed by atoms with Crippen molar-refractivity contribution >= 4 is 55.9 Å². The Labute approximate surface area is 251 Å². The van der Waals surface area contributed by atoms with Gasteiger partial charge in [-0.1, -0.05) is 81.4 Å². The zero-order chi connectivity index (χ0) is 28.6. The minimum absolute atomic E-state index is 0.272. The summed E-state index contributed by atoms with van der Waals surface area (Å²) < 4.78 is 6.13. The second kappa shape index (κ2) is 18.3. The Bertz CT molecular complexity index is 870. The third kappa shape index (κ3) is 14.9. The highest BCUT2D eigenvalue weighted by molar-refractivity contribution is 9.09. The first kappa shape index (κ1) is 34.9. The molecule has 3 rings (SSSR count). The molecule has 1 aromatic rings. The van der Waals surface area contributed by atoms with Crippen molar-refractivity contribution in [3.05, 3.63) is 36.4 Å². The summed E-state index contributed by atoms with van der Waals surface area (Å²) in [5.41, 5.74) is 7.74. The molecular formula is C30H51BrN4OS2. The highest BCUT2D eigenvalue weighted by Gasteiger charge is 2.37. The summed E-state index contributed by atoms with van der Waals surface area (Å²) in [7, 11) is 0. The van der Waals surface area contributed by atoms with Crippen molar-refractivity contribution in [3.63, 3.8) is 0 Å². The van der Waals surface area contributed by atoms with Crippen LogP contribution in [0.3, 0.4) is 0 Å². The number of halogens is 1. The maximum absolute atomic E-state index is 6.13. The number of benzene rings is 1. The smallest absolute Gasteiger partial charge is 0.199 e. The van der Waals surface area contributed by atoms with Crippen molar-refractivity contribution in [2.75, 3.05) is 36.0 Å². The number of nitrogens with one attached hydrogen (secondary N) is 1. The largest absolute Gasteiger partial charge is 0.489 e. The molecule has 0 bridgehead atoms. The van der Waals surface area contributed by atoms with E-state index in [4.69, 9.17) is 22.7 Å². The van der Waals surface area contributed by atoms with Gasteiger partial charge in [-0.3, -0.25) is 4.90 Å². The molecule has 1 saturated carbocycles. The molecule has 1 unspecified atom stereocenters. The van der Waals surface area contributed by atoms with E-state index >= 15 is 0 Å². The predicted octanol–water partition coefficient (Wildman–Crippen LogP) is 8.49. The lowest BCUT2D eigenvalue weighted by molar-refractivity contribution is 0.0920. The third-order valence-corrected chi connectivity index (χ3v) is 9.41. The molecule has 0 radical (unpaired) electrons. The van der Waals surface area contributed by atoms with Crippen LogP contribution in [0.15, 0.2) is 41.4 Å². The molecule has 1 saturated heterocycles. The normalized spacial score (nSPS) is 19.1. The summed E-state index contributed by atoms with van der Waals surface area (Å²) in [5.74, 6) is 1.90. The zero-order valence-electron chi connectivity index (χ0n) is 24.7. The Morgan fingerprint density at radius 2 is 1.97 bits per heavy atom. The fourth-order valence-electron chi connectivity index (χ4n) is 3.59. The summed E-state index contributed by atoms with van der Waals surface area (Å²) in [5, 5.41) is 5.11. The summed E-state index contributed by atoms with van der Waals surface area (Å²) in [6.45, 7) is 18.3. The number of thioether (sulfide) groups is 1. The molecule has 216 valence electrons. The van der Waals surface area contributed by atoms with Gasteiger partial charge in [-0.15, -0.1) is 0 Å². The van der Waals surface area contributed by atoms with Crippen molar-refractivity contribution in [3.8, 4) is 5.75 Å². The van der Waals surface area contributed by atoms with Crippen LogP contribution in [0.5, 0.6) is 5.75 Å². The first-order valence-electron chi connectivity index (χ1n) is 14.0. The number of hydrogen-bond donors (Lipinski definition) is 2. The van der Waals surface area contributed by atoms with Gasteiger partial charge in [-0.2, -0.15) is 4.99 Å². The van der Waals surface area contributed by atoms with Crippen molar-refractivity contribution < 1.29 is 4.74 Å². The molecule has 1 aliphatic carbocycles. The number of allylic oxidation sites excluding steroid dienone is 2. The Hall–Kier alpha value is -1.09. The topological polar surface area (TPSA) is 62.9 Å². The van der Waals surface area contributed by atoms with Crippen LogP contribution in [0.25, 0.3) is 0 Å². The number of hydrogen-bond acceptors (Lipinski definition) is 4. The molecule has 2 fully saturated rings. The minimum Gasteiger partial charge on any atom is -0.489 e. The van der Waals surface area contributed by atoms with Gasteiger partial charge < -0.3 is 15.8 Å². The van der Waals surface area contributed by atoms with Gasteiger partial charge >= 0.3 is 0 Å². The fraction of sp³-hybridized carbons (Fsp3) is 0.667. The van der Waals surface area contributed by atoms with E-state index in [0.29, 0.717) is 21.1 Å². The number of thiocarbonyl (C=S) groups is 1. The van der Waals surface area contributed by atoms with Crippen LogP contribution in [-0.4, -0.2) is 52.0 Å². The average Bonchev–Trinajstić information content (AvgIpc) is 3.66. The van der Waals surface area contributed by atoms with Gasteiger partial charge in [-0.25, -0.2) is 0 Å². The summed E-state index contributed by atoms with van der Waals surface area (Å²) >= 11 is 10.3. The van der Waals surface area contributed by atoms with Gasteiger partial charge in [0.25, 0.3) is 0 Å². The maximum Gasteiger partial charge on any atom is 0.199 e. The van der Waals surface area contributed by atoms with E-state index in [0.717, 1.165) is 48.5 Å². The Morgan fingerprint density at radius 3 is 2.53 bits per heavy atom. The maximum atomic E-state index is 6.13. The van der Waals surface area contributed by atoms with Crippen molar-refractivity contribution in [2.24, 2.45) is 21.6 Å². The lowest BCUT2D eigenvalue weighted by Gasteiger charge is -2.32. The van der Waals surface area contributed by atoms with Crippen LogP contribution in [0, 0.1) is 10.8 Å². The Morgan fingerprint density at radius 1 is 1.32 bits per heavy atom. The minimum atomic E-state index is 0.272. The van der Waals surface area contributed by atoms with Gasteiger partial charge in [0.1, 0.15) is 11.9 Å². The van der Waals surface area contributed by atoms with Gasteiger partial charge in [0.2, 0.25) is 0 Å². The Kier molecular flexibility index (Phi) is 16.8. The number of ether oxygens (including phenoxy) is 1. The number of nitrogens with two attached hydrogens (primary N) is 1. The SMILES string of the molecule is C/C=C\CC(C)(C)CBr.CC.CCN1CCCC(Oc2ccc(NC(=S)/N=C(\N)SCC3(C)CC3)cc2)C1. The second-order valence-electron chi connectivity index (χ2n) is 10.9. The van der Waals surface area contributed by atoms with E-state index < -0.39 is 0 Å². The zero-order valence-corrected chi connectivity index (χ0v) is 27.9. The number of likely N-dealkylation sites (tertiary alicyclic amines) is 1. The third-order valence-electron chi connectivity index (χ3n) is 6.47. The molecule has 0 amide bonds. The van der Waals surface area contributed by atoms with Crippen LogP contribution in [-0.2, 0) is 0 Å². The molecule has 1 aliphatic heterocycles. The standard InChI is InChI=1S/C20H30N4OS2.C8H15Br.C2H6/c1-3-24-12-4-5-17(13-24)25-16-8-6-15(7-9-16)22-19(26)23-18(21)27-14-20(2)10-11-20;1-4-5-6-8(2,3)7-9;1-2/h6-9,17H,3-5,10-14H2,1-2H3,(H3,21,22,23,26);4-5H,6-7H2,1-3H3;1-2H3/b;5-4-;. The first-order chi connectivity index (χ1) is 18.1. The summed E-state index contributed by atoms with van der Waals surface area (Å²) in [4.78, 5) is 6.71. The monoisotopic (exact) mass is 626 g/mol. The highest BCUT2D eigenvalue weighted by Crippen LogP contribution is 2.47. The molecule has 38 heavy (non-hydrogen) atoms. The van der Waals surface area contributed by atoms with Crippen molar-refractivity contribution in [2.45, 2.75) is 86.7 Å². The van der Waals surface area contributed by atoms with Crippen molar-refractivity contribution in [1.29, 1.82) is 0 Å². The van der Waals surface area contributed by atoms with Crippen LogP contribution in [0.1, 0.15) is 80.6 Å². The number of nitrogens with zero attached hydrogens (tertiary/aromatic N) is 2. The molecule has 2 aliphatic rings. The van der Waals surface area contributed by atoms with E-state index in [1.54, 1.807) is 11.8 Å². The molecule has 0 spiro atoms. The number of anilines is 1. The molecular weight excluding hydrogens is 576 g/mol. The predicted molar refractivity (Wildman–Crippen MR) is 178 cm³/mol. The van der Waals surface area contributed by atoms with E-state index in [1.165, 1.54) is 25.8 Å². The van der Waals surface area contributed by atoms with Gasteiger partial charge in [-0.05, 0) is 99.4 Å². The van der Waals surface area contributed by atoms with Crippen LogP contribution >= 0.6 is 39.9 Å². The Balaban J connectivity index is 0.000000559. The number of alkyl halides is 1. The molecule has 1 atom stereocenters. The molecule has 5 nitrogen and oxygen atoms in total.